The Balaban J connectivity index is 1.50. The molecule has 0 N–H and O–H groups in total. The smallest absolute Gasteiger partial charge is 0.379 e. The number of fused-ring (bicyclic) bond motifs is 2. The first-order valence-electron chi connectivity index (χ1n) is 13.2. The van der Waals surface area contributed by atoms with Crippen molar-refractivity contribution in [3.8, 4) is 5.75 Å². The highest BCUT2D eigenvalue weighted by molar-refractivity contribution is 7.07. The van der Waals surface area contributed by atoms with Crippen molar-refractivity contribution in [1.82, 2.24) is 4.57 Å². The third-order valence-corrected chi connectivity index (χ3v) is 8.18. The van der Waals surface area contributed by atoms with Crippen molar-refractivity contribution in [2.75, 3.05) is 18.6 Å². The van der Waals surface area contributed by atoms with Crippen LogP contribution in [0, 0.1) is 0 Å². The van der Waals surface area contributed by atoms with E-state index in [2.05, 4.69) is 4.99 Å². The second-order valence-electron chi connectivity index (χ2n) is 9.68. The molecule has 212 valence electrons. The lowest BCUT2D eigenvalue weighted by Crippen LogP contribution is -2.40. The van der Waals surface area contributed by atoms with Crippen molar-refractivity contribution < 1.29 is 28.3 Å². The molecule has 0 saturated carbocycles. The second-order valence-corrected chi connectivity index (χ2v) is 10.7. The average molecular weight is 584 g/mol. The molecule has 11 heteroatoms. The van der Waals surface area contributed by atoms with Gasteiger partial charge < -0.3 is 18.8 Å². The summed E-state index contributed by atoms with van der Waals surface area (Å²) in [6.45, 7) is 4.18. The SMILES string of the molecule is CCCN1C(=O)/C(=c2\sc3n(c2=O)[C@H](c2ccc(OC(=O)c4ccco4)cc2)C(C(=O)OC)=C(C)N=3)c2ccccc21. The van der Waals surface area contributed by atoms with Crippen LogP contribution in [0.1, 0.15) is 48.0 Å². The summed E-state index contributed by atoms with van der Waals surface area (Å²) in [5.74, 6) is -1.24. The number of carbonyl (C=O) groups excluding carboxylic acids is 3. The molecule has 2 aliphatic rings. The summed E-state index contributed by atoms with van der Waals surface area (Å²) in [5, 5.41) is 0. The maximum Gasteiger partial charge on any atom is 0.379 e. The minimum atomic E-state index is -0.892. The molecule has 0 aliphatic carbocycles. The third kappa shape index (κ3) is 4.38. The molecule has 1 amide bonds. The number of allylic oxidation sites excluding steroid dienone is 1. The lowest BCUT2D eigenvalue weighted by atomic mass is 9.96. The van der Waals surface area contributed by atoms with Gasteiger partial charge in [-0.15, -0.1) is 0 Å². The number of thiazole rings is 1. The fraction of sp³-hybridized carbons (Fsp3) is 0.194. The van der Waals surface area contributed by atoms with Gasteiger partial charge in [0.1, 0.15) is 10.3 Å². The Morgan fingerprint density at radius 1 is 1.02 bits per heavy atom. The number of benzene rings is 2. The molecular weight excluding hydrogens is 558 g/mol. The number of para-hydroxylation sites is 1. The van der Waals surface area contributed by atoms with Crippen molar-refractivity contribution in [1.29, 1.82) is 0 Å². The Morgan fingerprint density at radius 2 is 1.79 bits per heavy atom. The molecule has 0 radical (unpaired) electrons. The van der Waals surface area contributed by atoms with E-state index in [0.717, 1.165) is 23.4 Å². The topological polar surface area (TPSA) is 120 Å². The van der Waals surface area contributed by atoms with Gasteiger partial charge in [-0.3, -0.25) is 14.2 Å². The highest BCUT2D eigenvalue weighted by atomic mass is 32.1. The van der Waals surface area contributed by atoms with Crippen molar-refractivity contribution in [2.24, 2.45) is 4.99 Å². The van der Waals surface area contributed by atoms with Crippen LogP contribution >= 0.6 is 11.3 Å². The fourth-order valence-corrected chi connectivity index (χ4v) is 6.41. The van der Waals surface area contributed by atoms with Gasteiger partial charge in [0.05, 0.1) is 41.9 Å². The molecule has 42 heavy (non-hydrogen) atoms. The number of nitrogens with zero attached hydrogens (tertiary/aromatic N) is 3. The zero-order valence-electron chi connectivity index (χ0n) is 23.0. The van der Waals surface area contributed by atoms with Crippen LogP contribution in [-0.2, 0) is 14.3 Å². The van der Waals surface area contributed by atoms with Crippen LogP contribution in [0.25, 0.3) is 5.57 Å². The highest BCUT2D eigenvalue weighted by Crippen LogP contribution is 2.36. The molecule has 10 nitrogen and oxygen atoms in total. The fourth-order valence-electron chi connectivity index (χ4n) is 5.27. The molecule has 4 aromatic rings. The Bertz CT molecular complexity index is 1950. The number of furan rings is 1. The molecule has 1 atom stereocenters. The van der Waals surface area contributed by atoms with Crippen LogP contribution < -0.4 is 24.5 Å². The highest BCUT2D eigenvalue weighted by Gasteiger charge is 2.37. The molecule has 4 heterocycles. The Morgan fingerprint density at radius 3 is 2.48 bits per heavy atom. The predicted molar refractivity (Wildman–Crippen MR) is 154 cm³/mol. The van der Waals surface area contributed by atoms with Crippen molar-refractivity contribution >= 4 is 40.4 Å². The van der Waals surface area contributed by atoms with E-state index in [4.69, 9.17) is 13.9 Å². The summed E-state index contributed by atoms with van der Waals surface area (Å²) in [4.78, 5) is 59.8. The lowest BCUT2D eigenvalue weighted by Gasteiger charge is -2.24. The largest absolute Gasteiger partial charge is 0.466 e. The standard InChI is InChI=1S/C31H25N3O7S/c1-4-15-33-21-9-6-5-8-20(21)24(27(33)35)26-28(36)34-25(23(30(38)39-3)17(2)32-31(34)42-26)18-11-13-19(14-12-18)41-29(37)22-10-7-16-40-22/h5-14,16,25H,4,15H2,1-3H3/b26-24-/t25-/m1/s1. The molecule has 0 unspecified atom stereocenters. The number of anilines is 1. The summed E-state index contributed by atoms with van der Waals surface area (Å²) in [6, 6.07) is 16.0. The van der Waals surface area contributed by atoms with Crippen LogP contribution in [0.2, 0.25) is 0 Å². The van der Waals surface area contributed by atoms with Gasteiger partial charge in [0.2, 0.25) is 5.76 Å². The Kier molecular flexibility index (Phi) is 6.95. The van der Waals surface area contributed by atoms with Crippen molar-refractivity contribution in [3.63, 3.8) is 0 Å². The Labute approximate surface area is 243 Å². The van der Waals surface area contributed by atoms with Crippen molar-refractivity contribution in [3.05, 3.63) is 115 Å². The number of hydrogen-bond acceptors (Lipinski definition) is 9. The molecule has 0 spiro atoms. The maximum absolute atomic E-state index is 14.2. The number of methoxy groups -OCH3 is 1. The summed E-state index contributed by atoms with van der Waals surface area (Å²) in [5.41, 5.74) is 2.46. The predicted octanol–water partition coefficient (Wildman–Crippen LogP) is 3.35. The Hall–Kier alpha value is -5.03. The first kappa shape index (κ1) is 27.2. The van der Waals surface area contributed by atoms with Crippen LogP contribution in [-0.4, -0.2) is 36.1 Å². The van der Waals surface area contributed by atoms with Gasteiger partial charge in [0.25, 0.3) is 11.5 Å². The molecule has 2 aromatic carbocycles. The summed E-state index contributed by atoms with van der Waals surface area (Å²) in [6.07, 6.45) is 2.13. The van der Waals surface area contributed by atoms with Gasteiger partial charge in [-0.2, -0.15) is 0 Å². The van der Waals surface area contributed by atoms with E-state index in [-0.39, 0.29) is 27.5 Å². The molecule has 6 rings (SSSR count). The molecule has 0 bridgehead atoms. The first-order valence-corrected chi connectivity index (χ1v) is 14.1. The third-order valence-electron chi connectivity index (χ3n) is 7.13. The summed E-state index contributed by atoms with van der Waals surface area (Å²) < 4.78 is 17.2. The van der Waals surface area contributed by atoms with E-state index < -0.39 is 23.5 Å². The van der Waals surface area contributed by atoms with E-state index >= 15 is 0 Å². The number of ether oxygens (including phenoxy) is 2. The van der Waals surface area contributed by atoms with Gasteiger partial charge in [-0.1, -0.05) is 48.6 Å². The van der Waals surface area contributed by atoms with Gasteiger partial charge in [0, 0.05) is 12.1 Å². The normalized spacial score (nSPS) is 17.1. The van der Waals surface area contributed by atoms with Gasteiger partial charge in [-0.25, -0.2) is 14.6 Å². The van der Waals surface area contributed by atoms with Gasteiger partial charge in [-0.05, 0) is 49.2 Å². The number of aromatic nitrogens is 1. The number of hydrogen-bond donors (Lipinski definition) is 0. The zero-order valence-corrected chi connectivity index (χ0v) is 23.8. The molecule has 0 saturated heterocycles. The van der Waals surface area contributed by atoms with E-state index in [1.165, 1.54) is 24.0 Å². The first-order chi connectivity index (χ1) is 20.3. The van der Waals surface area contributed by atoms with E-state index in [0.29, 0.717) is 33.7 Å². The van der Waals surface area contributed by atoms with Crippen LogP contribution in [0.3, 0.4) is 0 Å². The maximum atomic E-state index is 14.2. The number of amides is 1. The molecule has 0 fully saturated rings. The van der Waals surface area contributed by atoms with Crippen LogP contribution in [0.15, 0.2) is 92.4 Å². The van der Waals surface area contributed by atoms with E-state index in [1.54, 1.807) is 42.2 Å². The number of rotatable bonds is 6. The van der Waals surface area contributed by atoms with Crippen LogP contribution in [0.5, 0.6) is 5.75 Å². The number of carbonyl (C=O) groups is 3. The quantitative estimate of drug-likeness (QED) is 0.252. The van der Waals surface area contributed by atoms with Crippen LogP contribution in [0.4, 0.5) is 5.69 Å². The summed E-state index contributed by atoms with van der Waals surface area (Å²) in [7, 11) is 1.26. The monoisotopic (exact) mass is 583 g/mol. The number of esters is 2. The average Bonchev–Trinajstić information content (AvgIpc) is 3.70. The minimum absolute atomic E-state index is 0.0551. The molecular formula is C31H25N3O7S. The minimum Gasteiger partial charge on any atom is -0.466 e. The summed E-state index contributed by atoms with van der Waals surface area (Å²) >= 11 is 1.11. The lowest BCUT2D eigenvalue weighted by molar-refractivity contribution is -0.136. The van der Waals surface area contributed by atoms with Crippen molar-refractivity contribution in [2.45, 2.75) is 26.3 Å². The second kappa shape index (κ2) is 10.7. The molecule has 2 aliphatic heterocycles. The molecule has 2 aromatic heterocycles. The van der Waals surface area contributed by atoms with E-state index in [1.807, 2.05) is 31.2 Å². The van der Waals surface area contributed by atoms with E-state index in [9.17, 15) is 19.2 Å². The van der Waals surface area contributed by atoms with Gasteiger partial charge in [0.15, 0.2) is 4.80 Å². The van der Waals surface area contributed by atoms with Gasteiger partial charge >= 0.3 is 11.9 Å². The zero-order chi connectivity index (χ0) is 29.5.